The zero-order valence-electron chi connectivity index (χ0n) is 16.8. The Labute approximate surface area is 174 Å². The summed E-state index contributed by atoms with van der Waals surface area (Å²) in [7, 11) is 1.21. The van der Waals surface area contributed by atoms with Gasteiger partial charge in [-0.3, -0.25) is 14.9 Å². The van der Waals surface area contributed by atoms with Gasteiger partial charge in [-0.1, -0.05) is 37.6 Å². The maximum absolute atomic E-state index is 12.7. The van der Waals surface area contributed by atoms with Gasteiger partial charge >= 0.3 is 6.09 Å². The van der Waals surface area contributed by atoms with E-state index in [4.69, 9.17) is 0 Å². The Morgan fingerprint density at radius 2 is 1.72 bits per heavy atom. The third kappa shape index (κ3) is 5.23. The molecule has 1 aromatic heterocycles. The minimum atomic E-state index is -0.808. The molecule has 0 bridgehead atoms. The molecule has 3 amide bonds. The Balaban J connectivity index is 1.82. The predicted molar refractivity (Wildman–Crippen MR) is 114 cm³/mol. The molecule has 0 unspecified atom stereocenters. The summed E-state index contributed by atoms with van der Waals surface area (Å²) in [5.41, 5.74) is 3.47. The van der Waals surface area contributed by atoms with Crippen LogP contribution in [0.5, 0.6) is 0 Å². The van der Waals surface area contributed by atoms with Crippen LogP contribution in [0.15, 0.2) is 24.3 Å². The average Bonchev–Trinajstić information content (AvgIpc) is 2.88. The minimum Gasteiger partial charge on any atom is -0.453 e. The van der Waals surface area contributed by atoms with Gasteiger partial charge in [-0.2, -0.15) is 0 Å². The average molecular weight is 415 g/mol. The summed E-state index contributed by atoms with van der Waals surface area (Å²) in [6.07, 6.45) is 5.17. The Hall–Kier alpha value is -2.67. The van der Waals surface area contributed by atoms with Gasteiger partial charge in [0.05, 0.1) is 19.1 Å². The van der Waals surface area contributed by atoms with Crippen LogP contribution >= 0.6 is 11.3 Å². The van der Waals surface area contributed by atoms with Gasteiger partial charge in [-0.15, -0.1) is 11.3 Å². The smallest absolute Gasteiger partial charge is 0.413 e. The first-order chi connectivity index (χ1) is 14.0. The number of nitrogens with one attached hydrogen (secondary N) is 2. The minimum absolute atomic E-state index is 0.183. The number of imide groups is 1. The second-order valence-corrected chi connectivity index (χ2v) is 8.21. The largest absolute Gasteiger partial charge is 0.453 e. The fraction of sp³-hybridized carbons (Fsp3) is 0.409. The summed E-state index contributed by atoms with van der Waals surface area (Å²) < 4.78 is 4.55. The summed E-state index contributed by atoms with van der Waals surface area (Å²) in [5.74, 6) is -0.711. The molecule has 0 atom stereocenters. The Morgan fingerprint density at radius 3 is 2.41 bits per heavy atom. The summed E-state index contributed by atoms with van der Waals surface area (Å²) in [6.45, 7) is 2.09. The number of anilines is 1. The molecular weight excluding hydrogens is 388 g/mol. The first-order valence-electron chi connectivity index (χ1n) is 9.93. The first-order valence-corrected chi connectivity index (χ1v) is 10.7. The van der Waals surface area contributed by atoms with Crippen molar-refractivity contribution in [1.29, 1.82) is 0 Å². The van der Waals surface area contributed by atoms with E-state index >= 15 is 0 Å². The summed E-state index contributed by atoms with van der Waals surface area (Å²) >= 11 is 1.44. The highest BCUT2D eigenvalue weighted by atomic mass is 32.1. The summed E-state index contributed by atoms with van der Waals surface area (Å²) in [5, 5.41) is 5.65. The number of alkyl carbamates (subject to hydrolysis) is 1. The molecule has 29 heavy (non-hydrogen) atoms. The Morgan fingerprint density at radius 1 is 1.03 bits per heavy atom. The van der Waals surface area contributed by atoms with Crippen molar-refractivity contribution in [3.8, 4) is 0 Å². The Kier molecular flexibility index (Phi) is 7.04. The molecule has 1 aromatic carbocycles. The van der Waals surface area contributed by atoms with Crippen molar-refractivity contribution in [2.45, 2.75) is 51.9 Å². The van der Waals surface area contributed by atoms with Gasteiger partial charge < -0.3 is 10.1 Å². The van der Waals surface area contributed by atoms with Gasteiger partial charge in [-0.25, -0.2) is 4.79 Å². The highest BCUT2D eigenvalue weighted by Gasteiger charge is 2.26. The van der Waals surface area contributed by atoms with Crippen LogP contribution in [0.3, 0.4) is 0 Å². The number of rotatable bonds is 5. The molecule has 0 aliphatic heterocycles. The molecular formula is C22H26N2O4S. The Bertz CT molecular complexity index is 902. The highest BCUT2D eigenvalue weighted by Crippen LogP contribution is 2.37. The zero-order chi connectivity index (χ0) is 20.8. The molecule has 0 spiro atoms. The molecule has 2 aromatic rings. The molecule has 154 valence electrons. The quantitative estimate of drug-likeness (QED) is 0.716. The molecule has 0 saturated carbocycles. The summed E-state index contributed by atoms with van der Waals surface area (Å²) in [6, 6.07) is 7.94. The zero-order valence-corrected chi connectivity index (χ0v) is 17.6. The lowest BCUT2D eigenvalue weighted by molar-refractivity contribution is -0.115. The lowest BCUT2D eigenvalue weighted by Crippen LogP contribution is -2.31. The number of ether oxygens (including phenoxy) is 1. The SMILES string of the molecule is CCc1ccc(CC(=O)Nc2sc3c(c2C(=O)NC(=O)OC)CCCCC3)cc1. The van der Waals surface area contributed by atoms with Gasteiger partial charge in [0.25, 0.3) is 5.91 Å². The van der Waals surface area contributed by atoms with Crippen molar-refractivity contribution in [3.63, 3.8) is 0 Å². The van der Waals surface area contributed by atoms with Gasteiger partial charge in [-0.05, 0) is 48.8 Å². The van der Waals surface area contributed by atoms with Crippen LogP contribution in [0.25, 0.3) is 0 Å². The number of hydrogen-bond donors (Lipinski definition) is 2. The van der Waals surface area contributed by atoms with E-state index in [2.05, 4.69) is 22.3 Å². The topological polar surface area (TPSA) is 84.5 Å². The van der Waals surface area contributed by atoms with E-state index in [0.717, 1.165) is 54.5 Å². The first kappa shape index (κ1) is 21.0. The van der Waals surface area contributed by atoms with E-state index in [-0.39, 0.29) is 12.3 Å². The monoisotopic (exact) mass is 414 g/mol. The van der Waals surface area contributed by atoms with E-state index in [9.17, 15) is 14.4 Å². The molecule has 0 fully saturated rings. The van der Waals surface area contributed by atoms with E-state index < -0.39 is 12.0 Å². The molecule has 1 aliphatic carbocycles. The second-order valence-electron chi connectivity index (χ2n) is 7.11. The number of aryl methyl sites for hydroxylation is 2. The van der Waals surface area contributed by atoms with Gasteiger partial charge in [0.2, 0.25) is 5.91 Å². The van der Waals surface area contributed by atoms with Crippen LogP contribution in [0.2, 0.25) is 0 Å². The normalized spacial score (nSPS) is 13.2. The number of benzene rings is 1. The molecule has 7 heteroatoms. The van der Waals surface area contributed by atoms with Crippen LogP contribution in [0.4, 0.5) is 9.80 Å². The number of carbonyl (C=O) groups is 3. The number of methoxy groups -OCH3 is 1. The standard InChI is InChI=1S/C22H26N2O4S/c1-3-14-9-11-15(12-10-14)13-18(25)23-21-19(20(26)24-22(27)28-2)16-7-5-4-6-8-17(16)29-21/h9-12H,3-8,13H2,1-2H3,(H,23,25)(H,24,26,27). The molecule has 1 aliphatic rings. The van der Waals surface area contributed by atoms with Gasteiger partial charge in [0.1, 0.15) is 5.00 Å². The van der Waals surface area contributed by atoms with Gasteiger partial charge in [0.15, 0.2) is 0 Å². The van der Waals surface area contributed by atoms with Crippen molar-refractivity contribution < 1.29 is 19.1 Å². The number of fused-ring (bicyclic) bond motifs is 1. The molecule has 3 rings (SSSR count). The van der Waals surface area contributed by atoms with E-state index in [1.54, 1.807) is 0 Å². The number of amides is 3. The third-order valence-electron chi connectivity index (χ3n) is 5.10. The highest BCUT2D eigenvalue weighted by molar-refractivity contribution is 7.17. The van der Waals surface area contributed by atoms with Crippen LogP contribution < -0.4 is 10.6 Å². The molecule has 0 radical (unpaired) electrons. The molecule has 6 nitrogen and oxygen atoms in total. The van der Waals surface area contributed by atoms with Crippen molar-refractivity contribution in [3.05, 3.63) is 51.4 Å². The molecule has 0 saturated heterocycles. The lowest BCUT2D eigenvalue weighted by Gasteiger charge is -2.09. The fourth-order valence-electron chi connectivity index (χ4n) is 3.53. The van der Waals surface area contributed by atoms with Crippen molar-refractivity contribution in [2.24, 2.45) is 0 Å². The van der Waals surface area contributed by atoms with E-state index in [0.29, 0.717) is 10.6 Å². The third-order valence-corrected chi connectivity index (χ3v) is 6.31. The maximum atomic E-state index is 12.7. The van der Waals surface area contributed by atoms with Crippen molar-refractivity contribution in [2.75, 3.05) is 12.4 Å². The summed E-state index contributed by atoms with van der Waals surface area (Å²) in [4.78, 5) is 38.0. The van der Waals surface area contributed by atoms with Crippen LogP contribution in [-0.4, -0.2) is 25.0 Å². The van der Waals surface area contributed by atoms with E-state index in [1.165, 1.54) is 24.0 Å². The van der Waals surface area contributed by atoms with E-state index in [1.807, 2.05) is 24.3 Å². The molecule has 2 N–H and O–H groups in total. The number of carbonyl (C=O) groups excluding carboxylic acids is 3. The molecule has 1 heterocycles. The van der Waals surface area contributed by atoms with Crippen molar-refractivity contribution >= 4 is 34.2 Å². The lowest BCUT2D eigenvalue weighted by atomic mass is 10.0. The fourth-order valence-corrected chi connectivity index (χ4v) is 4.83. The number of thiophene rings is 1. The van der Waals surface area contributed by atoms with Crippen LogP contribution in [-0.2, 0) is 35.2 Å². The van der Waals surface area contributed by atoms with Crippen molar-refractivity contribution in [1.82, 2.24) is 5.32 Å². The second kappa shape index (κ2) is 9.69. The van der Waals surface area contributed by atoms with Gasteiger partial charge in [0, 0.05) is 4.88 Å². The van der Waals surface area contributed by atoms with Crippen LogP contribution in [0.1, 0.15) is 58.1 Å². The maximum Gasteiger partial charge on any atom is 0.413 e. The number of hydrogen-bond acceptors (Lipinski definition) is 5. The predicted octanol–water partition coefficient (Wildman–Crippen LogP) is 4.26. The van der Waals surface area contributed by atoms with Crippen LogP contribution in [0, 0.1) is 0 Å².